The molecule has 0 amide bonds. The van der Waals surface area contributed by atoms with Crippen LogP contribution >= 0.6 is 0 Å². The summed E-state index contributed by atoms with van der Waals surface area (Å²) in [6.07, 6.45) is -1.69. The van der Waals surface area contributed by atoms with E-state index >= 15 is 0 Å². The molecule has 2 aromatic rings. The molecule has 3 N–H and O–H groups in total. The van der Waals surface area contributed by atoms with E-state index in [1.54, 1.807) is 6.07 Å². The second kappa shape index (κ2) is 5.87. The van der Waals surface area contributed by atoms with E-state index in [0.29, 0.717) is 24.6 Å². The van der Waals surface area contributed by atoms with Crippen LogP contribution in [-0.2, 0) is 6.18 Å². The fraction of sp³-hybridized carbons (Fsp3) is 0.231. The van der Waals surface area contributed by atoms with Crippen LogP contribution in [0.4, 0.5) is 19.1 Å². The van der Waals surface area contributed by atoms with Gasteiger partial charge in [-0.15, -0.1) is 0 Å². The third-order valence-corrected chi connectivity index (χ3v) is 2.62. The summed E-state index contributed by atoms with van der Waals surface area (Å²) < 4.78 is 38.7. The van der Waals surface area contributed by atoms with Crippen molar-refractivity contribution >= 4 is 5.95 Å². The predicted octanol–water partition coefficient (Wildman–Crippen LogP) is 2.53. The highest BCUT2D eigenvalue weighted by molar-refractivity contribution is 5.66. The zero-order valence-electron chi connectivity index (χ0n) is 10.5. The molecule has 0 aliphatic heterocycles. The van der Waals surface area contributed by atoms with Gasteiger partial charge >= 0.3 is 6.18 Å². The molecule has 0 spiro atoms. The average Bonchev–Trinajstić information content (AvgIpc) is 2.45. The van der Waals surface area contributed by atoms with Crippen LogP contribution in [0.2, 0.25) is 0 Å². The first kappa shape index (κ1) is 14.3. The molecular weight excluding hydrogens is 269 g/mol. The molecule has 106 valence electrons. The Hall–Kier alpha value is -2.15. The van der Waals surface area contributed by atoms with Crippen molar-refractivity contribution in [3.8, 4) is 11.1 Å². The second-order valence-electron chi connectivity index (χ2n) is 4.05. The maximum atomic E-state index is 12.9. The summed E-state index contributed by atoms with van der Waals surface area (Å²) in [5.74, 6) is 0.337. The Morgan fingerprint density at radius 3 is 2.35 bits per heavy atom. The Morgan fingerprint density at radius 1 is 1.10 bits per heavy atom. The van der Waals surface area contributed by atoms with Gasteiger partial charge in [0.15, 0.2) is 0 Å². The molecule has 0 aliphatic carbocycles. The number of nitrogens with two attached hydrogens (primary N) is 1. The number of aromatic nitrogens is 2. The third kappa shape index (κ3) is 3.24. The number of hydrogen-bond acceptors (Lipinski definition) is 4. The monoisotopic (exact) mass is 282 g/mol. The van der Waals surface area contributed by atoms with Crippen LogP contribution in [0.25, 0.3) is 11.1 Å². The molecule has 20 heavy (non-hydrogen) atoms. The molecule has 2 rings (SSSR count). The minimum Gasteiger partial charge on any atom is -0.353 e. The average molecular weight is 282 g/mol. The van der Waals surface area contributed by atoms with Crippen molar-refractivity contribution in [3.63, 3.8) is 0 Å². The van der Waals surface area contributed by atoms with Crippen molar-refractivity contribution < 1.29 is 13.2 Å². The summed E-state index contributed by atoms with van der Waals surface area (Å²) in [6, 6.07) is 5.33. The minimum atomic E-state index is -4.41. The van der Waals surface area contributed by atoms with Crippen LogP contribution in [-0.4, -0.2) is 23.1 Å². The molecule has 0 radical (unpaired) electrons. The number of nitrogens with one attached hydrogen (secondary N) is 1. The highest BCUT2D eigenvalue weighted by Crippen LogP contribution is 2.36. The first-order valence-corrected chi connectivity index (χ1v) is 5.95. The molecule has 0 saturated carbocycles. The summed E-state index contributed by atoms with van der Waals surface area (Å²) in [7, 11) is 0. The lowest BCUT2D eigenvalue weighted by atomic mass is 10.0. The fourth-order valence-electron chi connectivity index (χ4n) is 1.72. The van der Waals surface area contributed by atoms with Gasteiger partial charge in [0.1, 0.15) is 0 Å². The van der Waals surface area contributed by atoms with Gasteiger partial charge in [-0.2, -0.15) is 13.2 Å². The first-order chi connectivity index (χ1) is 9.52. The smallest absolute Gasteiger partial charge is 0.353 e. The van der Waals surface area contributed by atoms with E-state index in [1.165, 1.54) is 24.5 Å². The summed E-state index contributed by atoms with van der Waals surface area (Å²) in [6.45, 7) is 0.917. The lowest BCUT2D eigenvalue weighted by Crippen LogP contribution is -2.14. The Balaban J connectivity index is 2.33. The topological polar surface area (TPSA) is 63.8 Å². The van der Waals surface area contributed by atoms with Gasteiger partial charge in [-0.25, -0.2) is 9.97 Å². The summed E-state index contributed by atoms with van der Waals surface area (Å²) >= 11 is 0. The summed E-state index contributed by atoms with van der Waals surface area (Å²) in [4.78, 5) is 7.94. The Morgan fingerprint density at radius 2 is 1.75 bits per heavy atom. The normalized spacial score (nSPS) is 11.4. The molecule has 1 aromatic carbocycles. The van der Waals surface area contributed by atoms with Gasteiger partial charge in [0.25, 0.3) is 0 Å². The van der Waals surface area contributed by atoms with Crippen LogP contribution in [0.1, 0.15) is 5.56 Å². The molecule has 0 bridgehead atoms. The molecule has 1 heterocycles. The van der Waals surface area contributed by atoms with Crippen LogP contribution in [0, 0.1) is 0 Å². The maximum Gasteiger partial charge on any atom is 0.417 e. The van der Waals surface area contributed by atoms with Crippen molar-refractivity contribution in [2.45, 2.75) is 6.18 Å². The first-order valence-electron chi connectivity index (χ1n) is 5.95. The van der Waals surface area contributed by atoms with Crippen LogP contribution in [0.3, 0.4) is 0 Å². The Labute approximate surface area is 113 Å². The van der Waals surface area contributed by atoms with Crippen molar-refractivity contribution in [1.82, 2.24) is 9.97 Å². The Bertz CT molecular complexity index is 567. The standard InChI is InChI=1S/C13H13F3N4/c14-13(15,16)11-4-2-1-3-10(11)9-7-19-12(20-8-9)18-6-5-17/h1-4,7-8H,5-6,17H2,(H,18,19,20). The van der Waals surface area contributed by atoms with Gasteiger partial charge in [-0.3, -0.25) is 0 Å². The van der Waals surface area contributed by atoms with E-state index < -0.39 is 11.7 Å². The highest BCUT2D eigenvalue weighted by atomic mass is 19.4. The van der Waals surface area contributed by atoms with Crippen molar-refractivity contribution in [3.05, 3.63) is 42.2 Å². The van der Waals surface area contributed by atoms with E-state index in [9.17, 15) is 13.2 Å². The molecule has 1 aromatic heterocycles. The third-order valence-electron chi connectivity index (χ3n) is 2.62. The quantitative estimate of drug-likeness (QED) is 0.904. The SMILES string of the molecule is NCCNc1ncc(-c2ccccc2C(F)(F)F)cn1. The lowest BCUT2D eigenvalue weighted by Gasteiger charge is -2.12. The number of benzene rings is 1. The maximum absolute atomic E-state index is 12.9. The van der Waals surface area contributed by atoms with E-state index in [-0.39, 0.29) is 5.56 Å². The van der Waals surface area contributed by atoms with Gasteiger partial charge in [0.2, 0.25) is 5.95 Å². The van der Waals surface area contributed by atoms with Gasteiger partial charge in [0.05, 0.1) is 5.56 Å². The number of anilines is 1. The number of alkyl halides is 3. The van der Waals surface area contributed by atoms with E-state index in [1.807, 2.05) is 0 Å². The van der Waals surface area contributed by atoms with Gasteiger partial charge in [-0.05, 0) is 11.6 Å². The van der Waals surface area contributed by atoms with E-state index in [0.717, 1.165) is 6.07 Å². The Kier molecular flexibility index (Phi) is 4.19. The zero-order valence-corrected chi connectivity index (χ0v) is 10.5. The minimum absolute atomic E-state index is 0.0605. The van der Waals surface area contributed by atoms with E-state index in [4.69, 9.17) is 5.73 Å². The highest BCUT2D eigenvalue weighted by Gasteiger charge is 2.33. The zero-order chi connectivity index (χ0) is 14.6. The molecule has 7 heteroatoms. The predicted molar refractivity (Wildman–Crippen MR) is 70.0 cm³/mol. The molecule has 4 nitrogen and oxygen atoms in total. The summed E-state index contributed by atoms with van der Waals surface area (Å²) in [5, 5.41) is 2.85. The summed E-state index contributed by atoms with van der Waals surface area (Å²) in [5.41, 5.74) is 5.00. The van der Waals surface area contributed by atoms with Crippen LogP contribution in [0.5, 0.6) is 0 Å². The van der Waals surface area contributed by atoms with Crippen molar-refractivity contribution in [2.24, 2.45) is 5.73 Å². The molecule has 0 unspecified atom stereocenters. The van der Waals surface area contributed by atoms with Crippen LogP contribution in [0.15, 0.2) is 36.7 Å². The van der Waals surface area contributed by atoms with Crippen molar-refractivity contribution in [1.29, 1.82) is 0 Å². The molecule has 0 saturated heterocycles. The lowest BCUT2D eigenvalue weighted by molar-refractivity contribution is -0.137. The van der Waals surface area contributed by atoms with Gasteiger partial charge in [-0.1, -0.05) is 18.2 Å². The fourth-order valence-corrected chi connectivity index (χ4v) is 1.72. The van der Waals surface area contributed by atoms with Gasteiger partial charge < -0.3 is 11.1 Å². The molecular formula is C13H13F3N4. The number of rotatable bonds is 4. The second-order valence-corrected chi connectivity index (χ2v) is 4.05. The van der Waals surface area contributed by atoms with E-state index in [2.05, 4.69) is 15.3 Å². The van der Waals surface area contributed by atoms with Crippen LogP contribution < -0.4 is 11.1 Å². The molecule has 0 fully saturated rings. The molecule has 0 atom stereocenters. The number of nitrogens with zero attached hydrogens (tertiary/aromatic N) is 2. The largest absolute Gasteiger partial charge is 0.417 e. The molecule has 0 aliphatic rings. The number of halogens is 3. The van der Waals surface area contributed by atoms with Crippen molar-refractivity contribution in [2.75, 3.05) is 18.4 Å². The van der Waals surface area contributed by atoms with Gasteiger partial charge in [0, 0.05) is 31.0 Å². The number of hydrogen-bond donors (Lipinski definition) is 2.